The number of aliphatic carboxylic acids is 1. The van der Waals surface area contributed by atoms with E-state index in [2.05, 4.69) is 22.5 Å². The van der Waals surface area contributed by atoms with E-state index < -0.39 is 29.6 Å². The van der Waals surface area contributed by atoms with E-state index in [1.807, 2.05) is 60.8 Å². The van der Waals surface area contributed by atoms with Gasteiger partial charge in [0.05, 0.1) is 6.42 Å². The lowest BCUT2D eigenvalue weighted by molar-refractivity contribution is -0.138. The Bertz CT molecular complexity index is 1260. The van der Waals surface area contributed by atoms with Gasteiger partial charge in [0.2, 0.25) is 5.91 Å². The number of aromatic amines is 1. The summed E-state index contributed by atoms with van der Waals surface area (Å²) in [4.78, 5) is 41.8. The van der Waals surface area contributed by atoms with Crippen molar-refractivity contribution < 1.29 is 24.2 Å². The molecule has 1 saturated carbocycles. The van der Waals surface area contributed by atoms with Crippen LogP contribution in [0, 0.1) is 5.92 Å². The van der Waals surface area contributed by atoms with Gasteiger partial charge in [0.1, 0.15) is 11.6 Å². The summed E-state index contributed by atoms with van der Waals surface area (Å²) in [7, 11) is 0. The van der Waals surface area contributed by atoms with Gasteiger partial charge >= 0.3 is 12.1 Å². The number of carbonyl (C=O) groups excluding carboxylic acids is 2. The Morgan fingerprint density at radius 1 is 1.08 bits per heavy atom. The standard InChI is InChI=1S/C30H37N3O5/c1-20-10-6-9-15-26(20)38-29(37)33-30(2,18-22-19-31-25-14-8-7-13-24(22)25)28(36)32-23(17-27(34)35)16-21-11-4-3-5-12-21/h3-5,7-8,11-14,19-20,23,26,31H,6,9-10,15-18H2,1-2H3,(H,32,36)(H,33,37)(H,34,35)/t20-,23?,26-,30+/m1/s1. The maximum atomic E-state index is 13.8. The molecule has 4 rings (SSSR count). The highest BCUT2D eigenvalue weighted by Crippen LogP contribution is 2.27. The molecule has 38 heavy (non-hydrogen) atoms. The molecule has 1 aromatic heterocycles. The maximum absolute atomic E-state index is 13.8. The van der Waals surface area contributed by atoms with E-state index in [1.165, 1.54) is 0 Å². The Balaban J connectivity index is 1.57. The zero-order chi connectivity index (χ0) is 27.1. The molecule has 0 radical (unpaired) electrons. The lowest BCUT2D eigenvalue weighted by Crippen LogP contribution is -2.60. The average molecular weight is 520 g/mol. The van der Waals surface area contributed by atoms with Crippen molar-refractivity contribution in [3.05, 3.63) is 71.9 Å². The monoisotopic (exact) mass is 519 g/mol. The van der Waals surface area contributed by atoms with Gasteiger partial charge in [0.25, 0.3) is 0 Å². The van der Waals surface area contributed by atoms with Crippen molar-refractivity contribution in [2.24, 2.45) is 5.92 Å². The Hall–Kier alpha value is -3.81. The molecule has 1 aliphatic rings. The number of carboxylic acids is 1. The molecule has 4 atom stereocenters. The van der Waals surface area contributed by atoms with Crippen molar-refractivity contribution in [1.82, 2.24) is 15.6 Å². The minimum Gasteiger partial charge on any atom is -0.481 e. The summed E-state index contributed by atoms with van der Waals surface area (Å²) in [5, 5.41) is 16.2. The van der Waals surface area contributed by atoms with E-state index >= 15 is 0 Å². The molecule has 8 nitrogen and oxygen atoms in total. The number of H-pyrrole nitrogens is 1. The molecule has 1 fully saturated rings. The zero-order valence-electron chi connectivity index (χ0n) is 22.0. The number of carbonyl (C=O) groups is 3. The predicted octanol–water partition coefficient (Wildman–Crippen LogP) is 4.98. The third-order valence-corrected chi connectivity index (χ3v) is 7.47. The van der Waals surface area contributed by atoms with E-state index in [1.54, 1.807) is 6.92 Å². The Kier molecular flexibility index (Phi) is 8.71. The fraction of sp³-hybridized carbons (Fsp3) is 0.433. The van der Waals surface area contributed by atoms with E-state index in [0.717, 1.165) is 47.7 Å². The van der Waals surface area contributed by atoms with Crippen LogP contribution in [0.15, 0.2) is 60.8 Å². The average Bonchev–Trinajstić information content (AvgIpc) is 3.28. The molecule has 4 N–H and O–H groups in total. The van der Waals surface area contributed by atoms with E-state index in [4.69, 9.17) is 4.74 Å². The molecule has 0 aliphatic heterocycles. The predicted molar refractivity (Wildman–Crippen MR) is 146 cm³/mol. The molecule has 1 unspecified atom stereocenters. The SMILES string of the molecule is C[C@@H]1CCCC[C@H]1OC(=O)N[C@@](C)(Cc1c[nH]c2ccccc12)C(=O)NC(CC(=O)O)Cc1ccccc1. The molecule has 0 saturated heterocycles. The Morgan fingerprint density at radius 3 is 2.53 bits per heavy atom. The molecule has 3 aromatic rings. The number of hydrogen-bond acceptors (Lipinski definition) is 4. The fourth-order valence-electron chi connectivity index (χ4n) is 5.32. The van der Waals surface area contributed by atoms with Crippen molar-refractivity contribution in [1.29, 1.82) is 0 Å². The summed E-state index contributed by atoms with van der Waals surface area (Å²) >= 11 is 0. The van der Waals surface area contributed by atoms with Crippen LogP contribution in [0.1, 0.15) is 57.1 Å². The first-order chi connectivity index (χ1) is 18.2. The van der Waals surface area contributed by atoms with E-state index in [9.17, 15) is 19.5 Å². The summed E-state index contributed by atoms with van der Waals surface area (Å²) < 4.78 is 5.79. The largest absolute Gasteiger partial charge is 0.481 e. The van der Waals surface area contributed by atoms with Crippen molar-refractivity contribution in [2.45, 2.75) is 76.5 Å². The minimum absolute atomic E-state index is 0.193. The first-order valence-electron chi connectivity index (χ1n) is 13.3. The second-order valence-electron chi connectivity index (χ2n) is 10.7. The van der Waals surface area contributed by atoms with Gasteiger partial charge < -0.3 is 25.5 Å². The number of ether oxygens (including phenoxy) is 1. The lowest BCUT2D eigenvalue weighted by atomic mass is 9.88. The van der Waals surface area contributed by atoms with Crippen molar-refractivity contribution in [2.75, 3.05) is 0 Å². The molecule has 0 bridgehead atoms. The number of para-hydroxylation sites is 1. The van der Waals surface area contributed by atoms with Crippen LogP contribution in [0.2, 0.25) is 0 Å². The summed E-state index contributed by atoms with van der Waals surface area (Å²) in [6.07, 6.45) is 5.25. The molecular weight excluding hydrogens is 482 g/mol. The van der Waals surface area contributed by atoms with Gasteiger partial charge in [-0.1, -0.05) is 61.9 Å². The zero-order valence-corrected chi connectivity index (χ0v) is 22.0. The van der Waals surface area contributed by atoms with Gasteiger partial charge in [-0.15, -0.1) is 0 Å². The second kappa shape index (κ2) is 12.2. The molecular formula is C30H37N3O5. The van der Waals surface area contributed by atoms with Crippen molar-refractivity contribution >= 4 is 28.9 Å². The Morgan fingerprint density at radius 2 is 1.79 bits per heavy atom. The van der Waals surface area contributed by atoms with Crippen LogP contribution in [-0.4, -0.2) is 45.7 Å². The summed E-state index contributed by atoms with van der Waals surface area (Å²) in [5.41, 5.74) is 1.32. The molecule has 0 spiro atoms. The third-order valence-electron chi connectivity index (χ3n) is 7.47. The van der Waals surface area contributed by atoms with Crippen molar-refractivity contribution in [3.63, 3.8) is 0 Å². The van der Waals surface area contributed by atoms with Crippen LogP contribution in [-0.2, 0) is 27.2 Å². The number of hydrogen-bond donors (Lipinski definition) is 4. The molecule has 2 aromatic carbocycles. The fourth-order valence-corrected chi connectivity index (χ4v) is 5.32. The number of benzene rings is 2. The summed E-state index contributed by atoms with van der Waals surface area (Å²) in [6, 6.07) is 16.5. The number of fused-ring (bicyclic) bond motifs is 1. The number of alkyl carbamates (subject to hydrolysis) is 1. The number of nitrogens with one attached hydrogen (secondary N) is 3. The molecule has 1 aliphatic carbocycles. The Labute approximate surface area is 223 Å². The van der Waals surface area contributed by atoms with Crippen LogP contribution in [0.5, 0.6) is 0 Å². The highest BCUT2D eigenvalue weighted by Gasteiger charge is 2.39. The number of amides is 2. The van der Waals surface area contributed by atoms with Gasteiger partial charge in [-0.05, 0) is 55.7 Å². The molecule has 8 heteroatoms. The van der Waals surface area contributed by atoms with E-state index in [0.29, 0.717) is 6.42 Å². The highest BCUT2D eigenvalue weighted by molar-refractivity contribution is 5.92. The van der Waals surface area contributed by atoms with Gasteiger partial charge in [-0.2, -0.15) is 0 Å². The quantitative estimate of drug-likeness (QED) is 0.301. The smallest absolute Gasteiger partial charge is 0.408 e. The van der Waals surface area contributed by atoms with Crippen LogP contribution in [0.4, 0.5) is 4.79 Å². The molecule has 1 heterocycles. The van der Waals surface area contributed by atoms with Gasteiger partial charge in [-0.3, -0.25) is 9.59 Å². The van der Waals surface area contributed by atoms with Crippen LogP contribution in [0.3, 0.4) is 0 Å². The van der Waals surface area contributed by atoms with E-state index in [-0.39, 0.29) is 24.9 Å². The number of carboxylic acid groups (broad SMARTS) is 1. The first-order valence-corrected chi connectivity index (χ1v) is 13.3. The maximum Gasteiger partial charge on any atom is 0.408 e. The van der Waals surface area contributed by atoms with Crippen molar-refractivity contribution in [3.8, 4) is 0 Å². The normalized spacial score (nSPS) is 19.7. The lowest BCUT2D eigenvalue weighted by Gasteiger charge is -2.33. The topological polar surface area (TPSA) is 121 Å². The molecule has 202 valence electrons. The minimum atomic E-state index is -1.38. The molecule has 2 amide bonds. The van der Waals surface area contributed by atoms with Crippen LogP contribution < -0.4 is 10.6 Å². The second-order valence-corrected chi connectivity index (χ2v) is 10.7. The third kappa shape index (κ3) is 6.94. The number of aromatic nitrogens is 1. The number of rotatable bonds is 10. The summed E-state index contributed by atoms with van der Waals surface area (Å²) in [6.45, 7) is 3.74. The van der Waals surface area contributed by atoms with Gasteiger partial charge in [-0.25, -0.2) is 4.79 Å². The summed E-state index contributed by atoms with van der Waals surface area (Å²) in [5.74, 6) is -1.21. The van der Waals surface area contributed by atoms with Crippen LogP contribution in [0.25, 0.3) is 10.9 Å². The first kappa shape index (κ1) is 27.2. The van der Waals surface area contributed by atoms with Crippen LogP contribution >= 0.6 is 0 Å². The van der Waals surface area contributed by atoms with Gasteiger partial charge in [0.15, 0.2) is 0 Å². The highest BCUT2D eigenvalue weighted by atomic mass is 16.6. The van der Waals surface area contributed by atoms with Gasteiger partial charge in [0, 0.05) is 29.6 Å².